The van der Waals surface area contributed by atoms with Crippen molar-refractivity contribution in [1.29, 1.82) is 0 Å². The van der Waals surface area contributed by atoms with Crippen LogP contribution < -0.4 is 11.2 Å². The number of nitrogens with zero attached hydrogens (tertiary/aromatic N) is 2. The second kappa shape index (κ2) is 7.63. The molecule has 3 aromatic rings. The van der Waals surface area contributed by atoms with E-state index in [9.17, 15) is 14.4 Å². The summed E-state index contributed by atoms with van der Waals surface area (Å²) in [6.07, 6.45) is 0. The van der Waals surface area contributed by atoms with Gasteiger partial charge in [-0.2, -0.15) is 0 Å². The van der Waals surface area contributed by atoms with Crippen LogP contribution in [-0.4, -0.2) is 20.2 Å². The normalized spacial score (nSPS) is 10.7. The molecule has 0 atom stereocenters. The SMILES string of the molecule is Cc1ccc(Cn2c(-c3ccc(Cl)cc3)cc(=O)n(CC(=O)O)c2=O)cc1. The first-order valence-corrected chi connectivity index (χ1v) is 8.61. The highest BCUT2D eigenvalue weighted by molar-refractivity contribution is 6.30. The van der Waals surface area contributed by atoms with Gasteiger partial charge in [0.25, 0.3) is 5.56 Å². The smallest absolute Gasteiger partial charge is 0.332 e. The molecule has 2 aromatic carbocycles. The van der Waals surface area contributed by atoms with Gasteiger partial charge in [-0.25, -0.2) is 9.36 Å². The van der Waals surface area contributed by atoms with E-state index in [1.807, 2.05) is 31.2 Å². The van der Waals surface area contributed by atoms with Gasteiger partial charge in [0.1, 0.15) is 6.54 Å². The lowest BCUT2D eigenvalue weighted by Crippen LogP contribution is -2.42. The maximum absolute atomic E-state index is 12.9. The van der Waals surface area contributed by atoms with Gasteiger partial charge in [0, 0.05) is 11.1 Å². The van der Waals surface area contributed by atoms with Crippen molar-refractivity contribution in [2.24, 2.45) is 0 Å². The molecule has 0 fully saturated rings. The second-order valence-electron chi connectivity index (χ2n) is 6.21. The number of halogens is 1. The Bertz CT molecular complexity index is 1100. The molecular weight excluding hydrogens is 368 g/mol. The van der Waals surface area contributed by atoms with Crippen molar-refractivity contribution in [2.45, 2.75) is 20.0 Å². The van der Waals surface area contributed by atoms with Gasteiger partial charge < -0.3 is 5.11 Å². The standard InChI is InChI=1S/C20H17ClN2O4/c1-13-2-4-14(5-3-13)11-22-17(15-6-8-16(21)9-7-15)10-18(24)23(20(22)27)12-19(25)26/h2-10H,11-12H2,1H3,(H,25,26). The average molecular weight is 385 g/mol. The Morgan fingerprint density at radius 1 is 1.00 bits per heavy atom. The lowest BCUT2D eigenvalue weighted by molar-refractivity contribution is -0.137. The van der Waals surface area contributed by atoms with Gasteiger partial charge in [-0.1, -0.05) is 53.6 Å². The van der Waals surface area contributed by atoms with Crippen LogP contribution in [0.1, 0.15) is 11.1 Å². The fraction of sp³-hybridized carbons (Fsp3) is 0.150. The number of rotatable bonds is 5. The summed E-state index contributed by atoms with van der Waals surface area (Å²) in [5.74, 6) is -1.25. The largest absolute Gasteiger partial charge is 0.480 e. The van der Waals surface area contributed by atoms with Crippen molar-refractivity contribution in [3.63, 3.8) is 0 Å². The molecule has 0 aliphatic heterocycles. The topological polar surface area (TPSA) is 81.3 Å². The van der Waals surface area contributed by atoms with E-state index in [1.54, 1.807) is 24.3 Å². The fourth-order valence-electron chi connectivity index (χ4n) is 2.79. The van der Waals surface area contributed by atoms with E-state index >= 15 is 0 Å². The number of aromatic nitrogens is 2. The number of carboxylic acids is 1. The van der Waals surface area contributed by atoms with Crippen LogP contribution in [0.15, 0.2) is 64.2 Å². The minimum absolute atomic E-state index is 0.205. The molecule has 1 heterocycles. The van der Waals surface area contributed by atoms with Crippen molar-refractivity contribution in [3.8, 4) is 11.3 Å². The Morgan fingerprint density at radius 2 is 1.63 bits per heavy atom. The van der Waals surface area contributed by atoms with Gasteiger partial charge >= 0.3 is 11.7 Å². The molecule has 6 nitrogen and oxygen atoms in total. The Kier molecular flexibility index (Phi) is 5.28. The predicted octanol–water partition coefficient (Wildman–Crippen LogP) is 2.77. The van der Waals surface area contributed by atoms with E-state index in [-0.39, 0.29) is 6.54 Å². The molecule has 0 amide bonds. The minimum atomic E-state index is -1.25. The van der Waals surface area contributed by atoms with Crippen LogP contribution in [0.25, 0.3) is 11.3 Å². The van der Waals surface area contributed by atoms with Crippen molar-refractivity contribution < 1.29 is 9.90 Å². The summed E-state index contributed by atoms with van der Waals surface area (Å²) < 4.78 is 2.12. The molecule has 1 aromatic heterocycles. The van der Waals surface area contributed by atoms with Gasteiger partial charge in [-0.05, 0) is 30.2 Å². The third kappa shape index (κ3) is 4.17. The molecule has 0 bridgehead atoms. The van der Waals surface area contributed by atoms with Crippen LogP contribution in [0.2, 0.25) is 5.02 Å². The Labute approximate surface area is 159 Å². The molecule has 0 aliphatic carbocycles. The third-order valence-corrected chi connectivity index (χ3v) is 4.43. The third-order valence-electron chi connectivity index (χ3n) is 4.17. The number of benzene rings is 2. The maximum Gasteiger partial charge on any atom is 0.332 e. The van der Waals surface area contributed by atoms with E-state index < -0.39 is 23.8 Å². The molecule has 7 heteroatoms. The second-order valence-corrected chi connectivity index (χ2v) is 6.65. The minimum Gasteiger partial charge on any atom is -0.480 e. The fourth-order valence-corrected chi connectivity index (χ4v) is 2.91. The Balaban J connectivity index is 2.20. The quantitative estimate of drug-likeness (QED) is 0.733. The van der Waals surface area contributed by atoms with E-state index in [0.29, 0.717) is 16.3 Å². The molecule has 0 aliphatic rings. The van der Waals surface area contributed by atoms with E-state index in [4.69, 9.17) is 16.7 Å². The first kappa shape index (κ1) is 18.7. The van der Waals surface area contributed by atoms with Gasteiger partial charge in [0.2, 0.25) is 0 Å². The number of aliphatic carboxylic acids is 1. The van der Waals surface area contributed by atoms with Crippen LogP contribution >= 0.6 is 11.6 Å². The van der Waals surface area contributed by atoms with Crippen LogP contribution in [-0.2, 0) is 17.9 Å². The summed E-state index contributed by atoms with van der Waals surface area (Å²) in [6.45, 7) is 1.48. The first-order valence-electron chi connectivity index (χ1n) is 8.23. The van der Waals surface area contributed by atoms with Crippen LogP contribution in [0.5, 0.6) is 0 Å². The van der Waals surface area contributed by atoms with Gasteiger partial charge in [0.05, 0.1) is 12.2 Å². The van der Waals surface area contributed by atoms with Crippen molar-refractivity contribution in [2.75, 3.05) is 0 Å². The highest BCUT2D eigenvalue weighted by atomic mass is 35.5. The lowest BCUT2D eigenvalue weighted by atomic mass is 10.1. The average Bonchev–Trinajstić information content (AvgIpc) is 2.63. The number of hydrogen-bond acceptors (Lipinski definition) is 3. The Hall–Kier alpha value is -3.12. The van der Waals surface area contributed by atoms with E-state index in [0.717, 1.165) is 15.7 Å². The zero-order valence-corrected chi connectivity index (χ0v) is 15.3. The molecular formula is C20H17ClN2O4. The van der Waals surface area contributed by atoms with Crippen molar-refractivity contribution in [3.05, 3.63) is 91.6 Å². The highest BCUT2D eigenvalue weighted by Crippen LogP contribution is 2.20. The van der Waals surface area contributed by atoms with Gasteiger partial charge in [-0.3, -0.25) is 14.2 Å². The number of carbonyl (C=O) groups is 1. The van der Waals surface area contributed by atoms with Crippen LogP contribution in [0, 0.1) is 6.92 Å². The highest BCUT2D eigenvalue weighted by Gasteiger charge is 2.15. The summed E-state index contributed by atoms with van der Waals surface area (Å²) in [5.41, 5.74) is 1.66. The molecule has 0 radical (unpaired) electrons. The molecule has 0 saturated heterocycles. The Morgan fingerprint density at radius 3 is 2.22 bits per heavy atom. The van der Waals surface area contributed by atoms with E-state index in [1.165, 1.54) is 10.6 Å². The van der Waals surface area contributed by atoms with Crippen molar-refractivity contribution in [1.82, 2.24) is 9.13 Å². The molecule has 27 heavy (non-hydrogen) atoms. The zero-order chi connectivity index (χ0) is 19.6. The molecule has 3 rings (SSSR count). The summed E-state index contributed by atoms with van der Waals surface area (Å²) in [7, 11) is 0. The molecule has 0 unspecified atom stereocenters. The summed E-state index contributed by atoms with van der Waals surface area (Å²) in [4.78, 5) is 36.3. The van der Waals surface area contributed by atoms with Gasteiger partial charge in [0.15, 0.2) is 0 Å². The molecule has 0 saturated carbocycles. The monoisotopic (exact) mass is 384 g/mol. The van der Waals surface area contributed by atoms with Crippen LogP contribution in [0.4, 0.5) is 0 Å². The summed E-state index contributed by atoms with van der Waals surface area (Å²) in [6, 6.07) is 15.7. The molecule has 1 N–H and O–H groups in total. The van der Waals surface area contributed by atoms with Crippen molar-refractivity contribution >= 4 is 17.6 Å². The zero-order valence-electron chi connectivity index (χ0n) is 14.6. The van der Waals surface area contributed by atoms with E-state index in [2.05, 4.69) is 0 Å². The summed E-state index contributed by atoms with van der Waals surface area (Å²) in [5, 5.41) is 9.55. The number of aryl methyl sites for hydroxylation is 1. The number of carboxylic acid groups (broad SMARTS) is 1. The number of hydrogen-bond donors (Lipinski definition) is 1. The predicted molar refractivity (Wildman–Crippen MR) is 103 cm³/mol. The molecule has 0 spiro atoms. The maximum atomic E-state index is 12.9. The molecule has 138 valence electrons. The lowest BCUT2D eigenvalue weighted by Gasteiger charge is -2.15. The first-order chi connectivity index (χ1) is 12.8. The van der Waals surface area contributed by atoms with Gasteiger partial charge in [-0.15, -0.1) is 0 Å². The van der Waals surface area contributed by atoms with Crippen LogP contribution in [0.3, 0.4) is 0 Å². The summed E-state index contributed by atoms with van der Waals surface area (Å²) >= 11 is 5.93.